The van der Waals surface area contributed by atoms with E-state index in [1.807, 2.05) is 6.92 Å². The molecule has 0 aliphatic carbocycles. The van der Waals surface area contributed by atoms with Crippen LogP contribution >= 0.6 is 0 Å². The summed E-state index contributed by atoms with van der Waals surface area (Å²) >= 11 is 0. The lowest BCUT2D eigenvalue weighted by molar-refractivity contribution is -0.119. The molecule has 0 aromatic heterocycles. The number of carbonyl (C=O) groups is 1. The molecule has 0 aliphatic heterocycles. The van der Waals surface area contributed by atoms with E-state index in [0.717, 1.165) is 5.69 Å². The Labute approximate surface area is 95.0 Å². The fourth-order valence-electron chi connectivity index (χ4n) is 1.26. The van der Waals surface area contributed by atoms with Gasteiger partial charge < -0.3 is 21.1 Å². The minimum absolute atomic E-state index is 0.0577. The van der Waals surface area contributed by atoms with E-state index in [0.29, 0.717) is 18.0 Å². The molecule has 0 saturated carbocycles. The summed E-state index contributed by atoms with van der Waals surface area (Å²) < 4.78 is 5.03. The van der Waals surface area contributed by atoms with Gasteiger partial charge in [-0.2, -0.15) is 0 Å². The average molecular weight is 223 g/mol. The minimum atomic E-state index is -0.0577. The second-order valence-electron chi connectivity index (χ2n) is 3.26. The Kier molecular flexibility index (Phi) is 4.44. The van der Waals surface area contributed by atoms with Crippen molar-refractivity contribution in [3.8, 4) is 5.75 Å². The third-order valence-corrected chi connectivity index (χ3v) is 2.07. The number of amides is 1. The number of likely N-dealkylation sites (N-methyl/N-ethyl adjacent to an activating group) is 1. The second kappa shape index (κ2) is 5.85. The van der Waals surface area contributed by atoms with Crippen molar-refractivity contribution in [1.82, 2.24) is 5.32 Å². The number of ether oxygens (including phenoxy) is 1. The molecule has 0 aliphatic rings. The Morgan fingerprint density at radius 2 is 2.25 bits per heavy atom. The van der Waals surface area contributed by atoms with E-state index in [1.54, 1.807) is 25.3 Å². The molecule has 5 heteroatoms. The summed E-state index contributed by atoms with van der Waals surface area (Å²) in [6.07, 6.45) is 0. The number of nitrogen functional groups attached to an aromatic ring is 1. The molecule has 1 amide bonds. The van der Waals surface area contributed by atoms with Crippen molar-refractivity contribution in [3.63, 3.8) is 0 Å². The summed E-state index contributed by atoms with van der Waals surface area (Å²) in [7, 11) is 1.58. The van der Waals surface area contributed by atoms with Crippen LogP contribution in [0.25, 0.3) is 0 Å². The van der Waals surface area contributed by atoms with Crippen molar-refractivity contribution < 1.29 is 9.53 Å². The highest BCUT2D eigenvalue weighted by molar-refractivity contribution is 5.82. The summed E-state index contributed by atoms with van der Waals surface area (Å²) in [4.78, 5) is 11.2. The zero-order valence-corrected chi connectivity index (χ0v) is 9.54. The van der Waals surface area contributed by atoms with Crippen molar-refractivity contribution in [2.45, 2.75) is 6.92 Å². The molecule has 88 valence electrons. The second-order valence-corrected chi connectivity index (χ2v) is 3.26. The molecule has 0 spiro atoms. The maximum atomic E-state index is 11.2. The number of hydrogen-bond acceptors (Lipinski definition) is 4. The molecule has 0 atom stereocenters. The predicted molar refractivity (Wildman–Crippen MR) is 64.6 cm³/mol. The molecule has 16 heavy (non-hydrogen) atoms. The number of benzene rings is 1. The zero-order chi connectivity index (χ0) is 12.0. The molecule has 0 saturated heterocycles. The van der Waals surface area contributed by atoms with Crippen molar-refractivity contribution in [2.24, 2.45) is 0 Å². The van der Waals surface area contributed by atoms with E-state index in [4.69, 9.17) is 10.5 Å². The monoisotopic (exact) mass is 223 g/mol. The molecule has 0 bridgehead atoms. The van der Waals surface area contributed by atoms with Gasteiger partial charge in [0.2, 0.25) is 5.91 Å². The fourth-order valence-corrected chi connectivity index (χ4v) is 1.26. The first kappa shape index (κ1) is 12.2. The van der Waals surface area contributed by atoms with Gasteiger partial charge in [0, 0.05) is 12.6 Å². The van der Waals surface area contributed by atoms with Crippen molar-refractivity contribution in [2.75, 3.05) is 31.2 Å². The number of methoxy groups -OCH3 is 1. The van der Waals surface area contributed by atoms with E-state index in [1.165, 1.54) is 0 Å². The standard InChI is InChI=1S/C11H17N3O2/c1-3-13-11(15)7-14-10-5-4-8(16-2)6-9(10)12/h4-6,14H,3,7,12H2,1-2H3,(H,13,15). The van der Waals surface area contributed by atoms with Gasteiger partial charge in [0.05, 0.1) is 25.0 Å². The predicted octanol–water partition coefficient (Wildman–Crippen LogP) is 0.825. The number of nitrogens with one attached hydrogen (secondary N) is 2. The van der Waals surface area contributed by atoms with E-state index >= 15 is 0 Å². The first-order chi connectivity index (χ1) is 7.67. The Bertz CT molecular complexity index is 366. The molecular formula is C11H17N3O2. The first-order valence-corrected chi connectivity index (χ1v) is 5.11. The summed E-state index contributed by atoms with van der Waals surface area (Å²) in [5, 5.41) is 5.65. The number of anilines is 2. The van der Waals surface area contributed by atoms with Crippen LogP contribution in [-0.4, -0.2) is 26.1 Å². The van der Waals surface area contributed by atoms with Crippen LogP contribution in [0.4, 0.5) is 11.4 Å². The van der Waals surface area contributed by atoms with Crippen LogP contribution in [0, 0.1) is 0 Å². The van der Waals surface area contributed by atoms with Crippen molar-refractivity contribution >= 4 is 17.3 Å². The number of carbonyl (C=O) groups excluding carboxylic acids is 1. The van der Waals surface area contributed by atoms with Gasteiger partial charge in [-0.05, 0) is 19.1 Å². The van der Waals surface area contributed by atoms with Crippen LogP contribution in [-0.2, 0) is 4.79 Å². The summed E-state index contributed by atoms with van der Waals surface area (Å²) in [6, 6.07) is 5.28. The van der Waals surface area contributed by atoms with Gasteiger partial charge in [-0.3, -0.25) is 4.79 Å². The van der Waals surface area contributed by atoms with Crippen LogP contribution in [0.2, 0.25) is 0 Å². The molecule has 4 N–H and O–H groups in total. The van der Waals surface area contributed by atoms with E-state index in [2.05, 4.69) is 10.6 Å². The molecule has 5 nitrogen and oxygen atoms in total. The first-order valence-electron chi connectivity index (χ1n) is 5.11. The molecule has 0 radical (unpaired) electrons. The topological polar surface area (TPSA) is 76.4 Å². The molecule has 1 aromatic carbocycles. The van der Waals surface area contributed by atoms with Gasteiger partial charge in [0.15, 0.2) is 0 Å². The largest absolute Gasteiger partial charge is 0.497 e. The van der Waals surface area contributed by atoms with Crippen LogP contribution in [0.1, 0.15) is 6.92 Å². The van der Waals surface area contributed by atoms with Crippen LogP contribution in [0.3, 0.4) is 0 Å². The van der Waals surface area contributed by atoms with Crippen molar-refractivity contribution in [3.05, 3.63) is 18.2 Å². The average Bonchev–Trinajstić information content (AvgIpc) is 2.27. The lowest BCUT2D eigenvalue weighted by Crippen LogP contribution is -2.29. The van der Waals surface area contributed by atoms with Gasteiger partial charge in [-0.25, -0.2) is 0 Å². The number of hydrogen-bond donors (Lipinski definition) is 3. The van der Waals surface area contributed by atoms with E-state index < -0.39 is 0 Å². The fraction of sp³-hybridized carbons (Fsp3) is 0.364. The quantitative estimate of drug-likeness (QED) is 0.646. The van der Waals surface area contributed by atoms with Crippen LogP contribution < -0.4 is 21.1 Å². The summed E-state index contributed by atoms with van der Waals surface area (Å²) in [6.45, 7) is 2.71. The third kappa shape index (κ3) is 3.34. The highest BCUT2D eigenvalue weighted by Crippen LogP contribution is 2.23. The normalized spacial score (nSPS) is 9.62. The van der Waals surface area contributed by atoms with Crippen LogP contribution in [0.15, 0.2) is 18.2 Å². The molecule has 0 fully saturated rings. The van der Waals surface area contributed by atoms with Gasteiger partial charge in [-0.1, -0.05) is 0 Å². The molecule has 0 heterocycles. The lowest BCUT2D eigenvalue weighted by atomic mass is 10.2. The Hall–Kier alpha value is -1.91. The zero-order valence-electron chi connectivity index (χ0n) is 9.54. The highest BCUT2D eigenvalue weighted by Gasteiger charge is 2.03. The van der Waals surface area contributed by atoms with E-state index in [9.17, 15) is 4.79 Å². The maximum absolute atomic E-state index is 11.2. The SMILES string of the molecule is CCNC(=O)CNc1ccc(OC)cc1N. The highest BCUT2D eigenvalue weighted by atomic mass is 16.5. The smallest absolute Gasteiger partial charge is 0.239 e. The van der Waals surface area contributed by atoms with Gasteiger partial charge in [0.25, 0.3) is 0 Å². The minimum Gasteiger partial charge on any atom is -0.497 e. The van der Waals surface area contributed by atoms with Crippen LogP contribution in [0.5, 0.6) is 5.75 Å². The van der Waals surface area contributed by atoms with Crippen molar-refractivity contribution in [1.29, 1.82) is 0 Å². The summed E-state index contributed by atoms with van der Waals surface area (Å²) in [5.74, 6) is 0.638. The Morgan fingerprint density at radius 1 is 1.50 bits per heavy atom. The molecular weight excluding hydrogens is 206 g/mol. The summed E-state index contributed by atoms with van der Waals surface area (Å²) in [5.41, 5.74) is 7.07. The number of nitrogens with two attached hydrogens (primary N) is 1. The Morgan fingerprint density at radius 3 is 2.81 bits per heavy atom. The number of rotatable bonds is 5. The van der Waals surface area contributed by atoms with Gasteiger partial charge >= 0.3 is 0 Å². The van der Waals surface area contributed by atoms with Gasteiger partial charge in [-0.15, -0.1) is 0 Å². The van der Waals surface area contributed by atoms with Gasteiger partial charge in [0.1, 0.15) is 5.75 Å². The molecule has 0 unspecified atom stereocenters. The third-order valence-electron chi connectivity index (χ3n) is 2.07. The Balaban J connectivity index is 2.57. The molecule has 1 rings (SSSR count). The maximum Gasteiger partial charge on any atom is 0.239 e. The van der Waals surface area contributed by atoms with E-state index in [-0.39, 0.29) is 12.5 Å². The molecule has 1 aromatic rings. The lowest BCUT2D eigenvalue weighted by Gasteiger charge is -2.10.